The van der Waals surface area contributed by atoms with Gasteiger partial charge in [-0.25, -0.2) is 4.98 Å². The minimum absolute atomic E-state index is 0.596. The van der Waals surface area contributed by atoms with E-state index in [1.807, 2.05) is 0 Å². The van der Waals surface area contributed by atoms with Crippen LogP contribution in [0.25, 0.3) is 0 Å². The molecule has 1 heterocycles. The molecule has 0 saturated heterocycles. The van der Waals surface area contributed by atoms with Gasteiger partial charge in [0.05, 0.1) is 0 Å². The predicted molar refractivity (Wildman–Crippen MR) is 83.7 cm³/mol. The van der Waals surface area contributed by atoms with Crippen LogP contribution in [0.2, 0.25) is 0 Å². The van der Waals surface area contributed by atoms with Gasteiger partial charge in [0.1, 0.15) is 5.69 Å². The minimum Gasteiger partial charge on any atom is -0.298 e. The zero-order valence-corrected chi connectivity index (χ0v) is 12.5. The highest BCUT2D eigenvalue weighted by molar-refractivity contribution is 5.74. The highest BCUT2D eigenvalue weighted by atomic mass is 16.1. The highest BCUT2D eigenvalue weighted by Gasteiger charge is 1.92. The quantitative estimate of drug-likeness (QED) is 0.367. The molecule has 0 bridgehead atoms. The Bertz CT molecular complexity index is 425. The lowest BCUT2D eigenvalue weighted by molar-refractivity contribution is 0.112. The summed E-state index contributed by atoms with van der Waals surface area (Å²) in [5.74, 6) is 6.19. The van der Waals surface area contributed by atoms with Crippen LogP contribution < -0.4 is 0 Å². The molecular formula is C18H25NO. The summed E-state index contributed by atoms with van der Waals surface area (Å²) in [6.45, 7) is 2.25. The topological polar surface area (TPSA) is 30.0 Å². The van der Waals surface area contributed by atoms with E-state index in [0.29, 0.717) is 5.56 Å². The summed E-state index contributed by atoms with van der Waals surface area (Å²) in [6, 6.07) is 3.55. The number of hydrogen-bond donors (Lipinski definition) is 0. The molecule has 0 N–H and O–H groups in total. The van der Waals surface area contributed by atoms with Crippen molar-refractivity contribution in [2.45, 2.75) is 64.7 Å². The molecule has 0 aliphatic rings. The van der Waals surface area contributed by atoms with Crippen molar-refractivity contribution in [1.82, 2.24) is 4.98 Å². The maximum absolute atomic E-state index is 10.5. The third-order valence-corrected chi connectivity index (χ3v) is 3.29. The lowest BCUT2D eigenvalue weighted by atomic mass is 10.1. The normalized spacial score (nSPS) is 9.85. The van der Waals surface area contributed by atoms with Crippen molar-refractivity contribution in [2.75, 3.05) is 0 Å². The fourth-order valence-electron chi connectivity index (χ4n) is 2.05. The molecule has 0 aromatic carbocycles. The van der Waals surface area contributed by atoms with Crippen molar-refractivity contribution in [3.63, 3.8) is 0 Å². The molecule has 0 atom stereocenters. The Kier molecular flexibility index (Phi) is 9.23. The third-order valence-electron chi connectivity index (χ3n) is 3.29. The van der Waals surface area contributed by atoms with Gasteiger partial charge in [-0.1, -0.05) is 57.8 Å². The number of aromatic nitrogens is 1. The largest absolute Gasteiger partial charge is 0.298 e. The molecule has 0 radical (unpaired) electrons. The molecule has 0 spiro atoms. The van der Waals surface area contributed by atoms with Crippen LogP contribution >= 0.6 is 0 Å². The van der Waals surface area contributed by atoms with Crippen molar-refractivity contribution in [3.05, 3.63) is 29.6 Å². The number of pyridine rings is 1. The monoisotopic (exact) mass is 271 g/mol. The standard InChI is InChI=1S/C18H25NO/c1-2-3-4-5-6-7-8-9-10-11-12-18-14-13-17(16-20)15-19-18/h13-16H,2-10H2,1H3. The molecule has 108 valence electrons. The molecule has 20 heavy (non-hydrogen) atoms. The van der Waals surface area contributed by atoms with Gasteiger partial charge in [0.2, 0.25) is 0 Å². The first kappa shape index (κ1) is 16.4. The van der Waals surface area contributed by atoms with Crippen LogP contribution in [0.15, 0.2) is 18.3 Å². The van der Waals surface area contributed by atoms with Crippen molar-refractivity contribution in [2.24, 2.45) is 0 Å². The summed E-state index contributed by atoms with van der Waals surface area (Å²) in [5, 5.41) is 0. The Morgan fingerprint density at radius 2 is 1.75 bits per heavy atom. The van der Waals surface area contributed by atoms with E-state index < -0.39 is 0 Å². The van der Waals surface area contributed by atoms with E-state index in [4.69, 9.17) is 0 Å². The third kappa shape index (κ3) is 7.74. The predicted octanol–water partition coefficient (Wildman–Crippen LogP) is 4.78. The molecular weight excluding hydrogens is 246 g/mol. The fraction of sp³-hybridized carbons (Fsp3) is 0.556. The summed E-state index contributed by atoms with van der Waals surface area (Å²) in [7, 11) is 0. The van der Waals surface area contributed by atoms with Crippen LogP contribution in [0.3, 0.4) is 0 Å². The van der Waals surface area contributed by atoms with Crippen LogP contribution in [0.4, 0.5) is 0 Å². The lowest BCUT2D eigenvalue weighted by Gasteiger charge is -1.99. The molecule has 1 rings (SSSR count). The van der Waals surface area contributed by atoms with E-state index in [0.717, 1.165) is 18.4 Å². The van der Waals surface area contributed by atoms with Crippen LogP contribution in [-0.2, 0) is 0 Å². The fourth-order valence-corrected chi connectivity index (χ4v) is 2.05. The molecule has 0 unspecified atom stereocenters. The first-order chi connectivity index (χ1) is 9.86. The summed E-state index contributed by atoms with van der Waals surface area (Å²) in [4.78, 5) is 14.6. The van der Waals surface area contributed by atoms with Crippen LogP contribution in [0.5, 0.6) is 0 Å². The number of carbonyl (C=O) groups is 1. The molecule has 1 aromatic rings. The number of nitrogens with zero attached hydrogens (tertiary/aromatic N) is 1. The second-order valence-electron chi connectivity index (χ2n) is 5.12. The van der Waals surface area contributed by atoms with E-state index in [-0.39, 0.29) is 0 Å². The smallest absolute Gasteiger partial charge is 0.151 e. The second kappa shape index (κ2) is 11.2. The zero-order valence-electron chi connectivity index (χ0n) is 12.5. The molecule has 0 saturated carbocycles. The Labute approximate surface area is 123 Å². The lowest BCUT2D eigenvalue weighted by Crippen LogP contribution is -1.85. The van der Waals surface area contributed by atoms with Gasteiger partial charge in [-0.2, -0.15) is 0 Å². The second-order valence-corrected chi connectivity index (χ2v) is 5.12. The Hall–Kier alpha value is -1.62. The van der Waals surface area contributed by atoms with Crippen LogP contribution in [0.1, 0.15) is 80.8 Å². The molecule has 1 aromatic heterocycles. The summed E-state index contributed by atoms with van der Waals surface area (Å²) < 4.78 is 0. The van der Waals surface area contributed by atoms with Crippen molar-refractivity contribution in [1.29, 1.82) is 0 Å². The van der Waals surface area contributed by atoms with E-state index in [1.165, 1.54) is 51.4 Å². The van der Waals surface area contributed by atoms with Crippen molar-refractivity contribution >= 4 is 6.29 Å². The number of hydrogen-bond acceptors (Lipinski definition) is 2. The molecule has 0 aliphatic carbocycles. The molecule has 2 nitrogen and oxygen atoms in total. The van der Waals surface area contributed by atoms with Crippen molar-refractivity contribution < 1.29 is 4.79 Å². The Morgan fingerprint density at radius 3 is 2.35 bits per heavy atom. The van der Waals surface area contributed by atoms with Gasteiger partial charge in [-0.3, -0.25) is 4.79 Å². The summed E-state index contributed by atoms with van der Waals surface area (Å²) in [5.41, 5.74) is 1.34. The molecule has 2 heteroatoms. The Balaban J connectivity index is 2.06. The average molecular weight is 271 g/mol. The van der Waals surface area contributed by atoms with E-state index in [2.05, 4.69) is 23.7 Å². The highest BCUT2D eigenvalue weighted by Crippen LogP contribution is 2.09. The van der Waals surface area contributed by atoms with Gasteiger partial charge in [0.15, 0.2) is 6.29 Å². The van der Waals surface area contributed by atoms with Gasteiger partial charge in [-0.05, 0) is 24.5 Å². The van der Waals surface area contributed by atoms with Gasteiger partial charge >= 0.3 is 0 Å². The first-order valence-corrected chi connectivity index (χ1v) is 7.77. The first-order valence-electron chi connectivity index (χ1n) is 7.77. The number of carbonyl (C=O) groups excluding carboxylic acids is 1. The maximum atomic E-state index is 10.5. The summed E-state index contributed by atoms with van der Waals surface area (Å²) >= 11 is 0. The van der Waals surface area contributed by atoms with Crippen LogP contribution in [-0.4, -0.2) is 11.3 Å². The van der Waals surface area contributed by atoms with Crippen molar-refractivity contribution in [3.8, 4) is 11.8 Å². The SMILES string of the molecule is CCCCCCCCCCC#Cc1ccc(C=O)cn1. The van der Waals surface area contributed by atoms with E-state index >= 15 is 0 Å². The molecule has 0 aliphatic heterocycles. The maximum Gasteiger partial charge on any atom is 0.151 e. The van der Waals surface area contributed by atoms with E-state index in [9.17, 15) is 4.79 Å². The van der Waals surface area contributed by atoms with E-state index in [1.54, 1.807) is 18.3 Å². The Morgan fingerprint density at radius 1 is 1.05 bits per heavy atom. The molecule has 0 fully saturated rings. The van der Waals surface area contributed by atoms with Crippen LogP contribution in [0, 0.1) is 11.8 Å². The van der Waals surface area contributed by atoms with Gasteiger partial charge in [0.25, 0.3) is 0 Å². The average Bonchev–Trinajstić information content (AvgIpc) is 2.50. The van der Waals surface area contributed by atoms with Gasteiger partial charge < -0.3 is 0 Å². The minimum atomic E-state index is 0.596. The number of unbranched alkanes of at least 4 members (excludes halogenated alkanes) is 8. The van der Waals surface area contributed by atoms with Gasteiger partial charge in [0, 0.05) is 18.2 Å². The van der Waals surface area contributed by atoms with Gasteiger partial charge in [-0.15, -0.1) is 0 Å². The summed E-state index contributed by atoms with van der Waals surface area (Å²) in [6.07, 6.45) is 13.9. The number of aldehydes is 1. The molecule has 0 amide bonds. The zero-order chi connectivity index (χ0) is 14.5. The number of rotatable bonds is 9.